The molecule has 1 aromatic carbocycles. The summed E-state index contributed by atoms with van der Waals surface area (Å²) in [7, 11) is 0. The quantitative estimate of drug-likeness (QED) is 0.725. The molecule has 0 amide bonds. The number of Topliss-reactive ketones (excluding diaryl/α,β-unsaturated/α-hetero) is 1. The lowest BCUT2D eigenvalue weighted by molar-refractivity contribution is 0.0909. The molecule has 0 aromatic heterocycles. The molecule has 0 fully saturated rings. The Morgan fingerprint density at radius 1 is 1.29 bits per heavy atom. The van der Waals surface area contributed by atoms with Crippen LogP contribution in [0.25, 0.3) is 0 Å². The highest BCUT2D eigenvalue weighted by atomic mass is 79.9. The molecule has 0 heterocycles. The van der Waals surface area contributed by atoms with Gasteiger partial charge in [-0.05, 0) is 38.0 Å². The average Bonchev–Trinajstić information content (AvgIpc) is 2.33. The van der Waals surface area contributed by atoms with Crippen molar-refractivity contribution in [3.63, 3.8) is 0 Å². The Labute approximate surface area is 111 Å². The van der Waals surface area contributed by atoms with Crippen LogP contribution < -0.4 is 4.74 Å². The fourth-order valence-electron chi connectivity index (χ4n) is 1.86. The molecule has 0 aliphatic heterocycles. The van der Waals surface area contributed by atoms with Gasteiger partial charge in [0.15, 0.2) is 5.78 Å². The van der Waals surface area contributed by atoms with Crippen LogP contribution in [0.15, 0.2) is 22.7 Å². The summed E-state index contributed by atoms with van der Waals surface area (Å²) in [5.41, 5.74) is 0.690. The summed E-state index contributed by atoms with van der Waals surface area (Å²) in [5, 5.41) is 0. The SMILES string of the molecule is CCOc1ccc(Br)cc1C(=O)C(CC)CC. The lowest BCUT2D eigenvalue weighted by atomic mass is 9.92. The minimum Gasteiger partial charge on any atom is -0.493 e. The molecule has 0 bridgehead atoms. The molecule has 0 aliphatic rings. The molecule has 0 spiro atoms. The van der Waals surface area contributed by atoms with Gasteiger partial charge in [0.2, 0.25) is 0 Å². The van der Waals surface area contributed by atoms with Crippen LogP contribution in [0.4, 0.5) is 0 Å². The van der Waals surface area contributed by atoms with Gasteiger partial charge in [0.1, 0.15) is 5.75 Å². The van der Waals surface area contributed by atoms with Gasteiger partial charge in [-0.25, -0.2) is 0 Å². The van der Waals surface area contributed by atoms with Gasteiger partial charge < -0.3 is 4.74 Å². The zero-order chi connectivity index (χ0) is 12.8. The predicted octanol–water partition coefficient (Wildman–Crippen LogP) is 4.47. The summed E-state index contributed by atoms with van der Waals surface area (Å²) < 4.78 is 6.42. The van der Waals surface area contributed by atoms with E-state index in [1.165, 1.54) is 0 Å². The van der Waals surface area contributed by atoms with Gasteiger partial charge in [0, 0.05) is 10.4 Å². The highest BCUT2D eigenvalue weighted by Gasteiger charge is 2.20. The lowest BCUT2D eigenvalue weighted by Gasteiger charge is -2.15. The molecule has 0 saturated heterocycles. The van der Waals surface area contributed by atoms with Crippen LogP contribution in [0.1, 0.15) is 44.0 Å². The fraction of sp³-hybridized carbons (Fsp3) is 0.500. The third-order valence-corrected chi connectivity index (χ3v) is 3.36. The van der Waals surface area contributed by atoms with E-state index in [2.05, 4.69) is 15.9 Å². The monoisotopic (exact) mass is 298 g/mol. The number of halogens is 1. The first-order valence-corrected chi connectivity index (χ1v) is 6.89. The van der Waals surface area contributed by atoms with Gasteiger partial charge in [0.05, 0.1) is 12.2 Å². The number of ether oxygens (including phenoxy) is 1. The minimum atomic E-state index is 0.0866. The zero-order valence-corrected chi connectivity index (χ0v) is 12.2. The predicted molar refractivity (Wildman–Crippen MR) is 73.7 cm³/mol. The largest absolute Gasteiger partial charge is 0.493 e. The molecular formula is C14H19BrO2. The van der Waals surface area contributed by atoms with Crippen molar-refractivity contribution >= 4 is 21.7 Å². The number of carbonyl (C=O) groups excluding carboxylic acids is 1. The smallest absolute Gasteiger partial charge is 0.169 e. The molecule has 0 N–H and O–H groups in total. The van der Waals surface area contributed by atoms with E-state index in [1.807, 2.05) is 39.0 Å². The van der Waals surface area contributed by atoms with Crippen LogP contribution >= 0.6 is 15.9 Å². The number of benzene rings is 1. The van der Waals surface area contributed by atoms with Gasteiger partial charge in [0.25, 0.3) is 0 Å². The van der Waals surface area contributed by atoms with Crippen molar-refractivity contribution in [2.24, 2.45) is 5.92 Å². The Kier molecular flexibility index (Phi) is 5.69. The second-order valence-electron chi connectivity index (χ2n) is 3.95. The molecule has 94 valence electrons. The number of carbonyl (C=O) groups is 1. The molecule has 1 rings (SSSR count). The summed E-state index contributed by atoms with van der Waals surface area (Å²) in [6, 6.07) is 5.60. The van der Waals surface area contributed by atoms with E-state index in [0.29, 0.717) is 17.9 Å². The second kappa shape index (κ2) is 6.80. The summed E-state index contributed by atoms with van der Waals surface area (Å²) in [5.74, 6) is 0.954. The molecule has 0 unspecified atom stereocenters. The lowest BCUT2D eigenvalue weighted by Crippen LogP contribution is -2.14. The minimum absolute atomic E-state index is 0.0866. The molecule has 0 atom stereocenters. The van der Waals surface area contributed by atoms with Crippen molar-refractivity contribution < 1.29 is 9.53 Å². The van der Waals surface area contributed by atoms with E-state index in [9.17, 15) is 4.79 Å². The van der Waals surface area contributed by atoms with Crippen molar-refractivity contribution in [2.45, 2.75) is 33.6 Å². The third-order valence-electron chi connectivity index (χ3n) is 2.86. The number of hydrogen-bond donors (Lipinski definition) is 0. The summed E-state index contributed by atoms with van der Waals surface area (Å²) in [4.78, 5) is 12.4. The summed E-state index contributed by atoms with van der Waals surface area (Å²) in [6.07, 6.45) is 1.74. The summed E-state index contributed by atoms with van der Waals surface area (Å²) >= 11 is 3.40. The van der Waals surface area contributed by atoms with Gasteiger partial charge in [-0.2, -0.15) is 0 Å². The Hall–Kier alpha value is -0.830. The molecule has 0 saturated carbocycles. The molecular weight excluding hydrogens is 280 g/mol. The maximum absolute atomic E-state index is 12.4. The van der Waals surface area contributed by atoms with Crippen molar-refractivity contribution in [1.29, 1.82) is 0 Å². The average molecular weight is 299 g/mol. The highest BCUT2D eigenvalue weighted by Crippen LogP contribution is 2.27. The summed E-state index contributed by atoms with van der Waals surface area (Å²) in [6.45, 7) is 6.59. The number of hydrogen-bond acceptors (Lipinski definition) is 2. The molecule has 3 heteroatoms. The molecule has 0 radical (unpaired) electrons. The van der Waals surface area contributed by atoms with Gasteiger partial charge in [-0.15, -0.1) is 0 Å². The maximum atomic E-state index is 12.4. The van der Waals surface area contributed by atoms with E-state index in [-0.39, 0.29) is 11.7 Å². The second-order valence-corrected chi connectivity index (χ2v) is 4.87. The first-order chi connectivity index (χ1) is 8.13. The first kappa shape index (κ1) is 14.2. The van der Waals surface area contributed by atoms with Crippen molar-refractivity contribution in [3.8, 4) is 5.75 Å². The van der Waals surface area contributed by atoms with E-state index >= 15 is 0 Å². The van der Waals surface area contributed by atoms with Crippen LogP contribution in [0.3, 0.4) is 0 Å². The van der Waals surface area contributed by atoms with Crippen LogP contribution in [-0.2, 0) is 0 Å². The van der Waals surface area contributed by atoms with Crippen LogP contribution in [0.5, 0.6) is 5.75 Å². The van der Waals surface area contributed by atoms with Crippen molar-refractivity contribution in [2.75, 3.05) is 6.61 Å². The Bertz CT molecular complexity index is 384. The van der Waals surface area contributed by atoms with Gasteiger partial charge in [-0.3, -0.25) is 4.79 Å². The van der Waals surface area contributed by atoms with Crippen molar-refractivity contribution in [1.82, 2.24) is 0 Å². The molecule has 0 aliphatic carbocycles. The van der Waals surface area contributed by atoms with Crippen LogP contribution in [0.2, 0.25) is 0 Å². The Morgan fingerprint density at radius 2 is 1.94 bits per heavy atom. The standard InChI is InChI=1S/C14H19BrO2/c1-4-10(5-2)14(16)12-9-11(15)7-8-13(12)17-6-3/h7-10H,4-6H2,1-3H3. The van der Waals surface area contributed by atoms with E-state index in [1.54, 1.807) is 0 Å². The van der Waals surface area contributed by atoms with Gasteiger partial charge in [-0.1, -0.05) is 29.8 Å². The molecule has 1 aromatic rings. The fourth-order valence-corrected chi connectivity index (χ4v) is 2.22. The highest BCUT2D eigenvalue weighted by molar-refractivity contribution is 9.10. The Balaban J connectivity index is 3.09. The normalized spacial score (nSPS) is 10.6. The van der Waals surface area contributed by atoms with Crippen molar-refractivity contribution in [3.05, 3.63) is 28.2 Å². The van der Waals surface area contributed by atoms with E-state index < -0.39 is 0 Å². The maximum Gasteiger partial charge on any atom is 0.169 e. The molecule has 17 heavy (non-hydrogen) atoms. The first-order valence-electron chi connectivity index (χ1n) is 6.10. The third kappa shape index (κ3) is 3.56. The van der Waals surface area contributed by atoms with Crippen LogP contribution in [-0.4, -0.2) is 12.4 Å². The number of ketones is 1. The van der Waals surface area contributed by atoms with Gasteiger partial charge >= 0.3 is 0 Å². The van der Waals surface area contributed by atoms with E-state index in [4.69, 9.17) is 4.74 Å². The molecule has 2 nitrogen and oxygen atoms in total. The van der Waals surface area contributed by atoms with E-state index in [0.717, 1.165) is 17.3 Å². The topological polar surface area (TPSA) is 26.3 Å². The number of rotatable bonds is 6. The zero-order valence-electron chi connectivity index (χ0n) is 10.6. The van der Waals surface area contributed by atoms with Crippen LogP contribution in [0, 0.1) is 5.92 Å². The Morgan fingerprint density at radius 3 is 2.47 bits per heavy atom.